The fourth-order valence-corrected chi connectivity index (χ4v) is 3.26. The Hall–Kier alpha value is -1.94. The van der Waals surface area contributed by atoms with E-state index in [4.69, 9.17) is 9.97 Å². The summed E-state index contributed by atoms with van der Waals surface area (Å²) in [5.74, 6) is 0.913. The molecule has 2 aromatic rings. The van der Waals surface area contributed by atoms with Gasteiger partial charge >= 0.3 is 0 Å². The van der Waals surface area contributed by atoms with Gasteiger partial charge in [0.1, 0.15) is 0 Å². The standard InChI is InChI=1S/C17H20N4/c1-2-5-13(6-3-1)16-14-7-4-8-15(14)19-17(20-16)21-11-9-18-10-12-21/h1-3,5-6,18H,4,7-12H2. The number of nitrogens with zero attached hydrogens (tertiary/aromatic N) is 3. The number of rotatable bonds is 2. The van der Waals surface area contributed by atoms with Gasteiger partial charge in [-0.05, 0) is 19.3 Å². The molecule has 1 aliphatic carbocycles. The third kappa shape index (κ3) is 2.40. The van der Waals surface area contributed by atoms with E-state index in [0.717, 1.165) is 50.7 Å². The largest absolute Gasteiger partial charge is 0.338 e. The molecule has 0 spiro atoms. The minimum Gasteiger partial charge on any atom is -0.338 e. The molecule has 1 fully saturated rings. The molecule has 2 heterocycles. The summed E-state index contributed by atoms with van der Waals surface area (Å²) in [4.78, 5) is 12.1. The fourth-order valence-electron chi connectivity index (χ4n) is 3.26. The lowest BCUT2D eigenvalue weighted by atomic mass is 10.1. The molecule has 4 heteroatoms. The first-order chi connectivity index (χ1) is 10.4. The van der Waals surface area contributed by atoms with Gasteiger partial charge < -0.3 is 10.2 Å². The van der Waals surface area contributed by atoms with Crippen LogP contribution in [-0.2, 0) is 12.8 Å². The van der Waals surface area contributed by atoms with Gasteiger partial charge in [0.05, 0.1) is 5.69 Å². The van der Waals surface area contributed by atoms with E-state index in [1.54, 1.807) is 0 Å². The van der Waals surface area contributed by atoms with Gasteiger partial charge in [-0.15, -0.1) is 0 Å². The van der Waals surface area contributed by atoms with Gasteiger partial charge in [0.25, 0.3) is 0 Å². The SMILES string of the molecule is c1ccc(-c2nc(N3CCNCC3)nc3c2CCC3)cc1. The fraction of sp³-hybridized carbons (Fsp3) is 0.412. The van der Waals surface area contributed by atoms with Crippen LogP contribution in [0, 0.1) is 0 Å². The molecule has 1 aromatic carbocycles. The first-order valence-electron chi connectivity index (χ1n) is 7.83. The maximum atomic E-state index is 4.93. The Morgan fingerprint density at radius 1 is 0.952 bits per heavy atom. The van der Waals surface area contributed by atoms with Gasteiger partial charge in [-0.25, -0.2) is 9.97 Å². The molecule has 4 nitrogen and oxygen atoms in total. The minimum atomic E-state index is 0.913. The Balaban J connectivity index is 1.80. The van der Waals surface area contributed by atoms with Crippen LogP contribution in [0.5, 0.6) is 0 Å². The van der Waals surface area contributed by atoms with E-state index in [1.807, 2.05) is 0 Å². The molecule has 0 amide bonds. The zero-order valence-corrected chi connectivity index (χ0v) is 12.2. The van der Waals surface area contributed by atoms with Crippen molar-refractivity contribution in [3.63, 3.8) is 0 Å². The summed E-state index contributed by atoms with van der Waals surface area (Å²) in [7, 11) is 0. The molecule has 108 valence electrons. The highest BCUT2D eigenvalue weighted by molar-refractivity contribution is 5.66. The summed E-state index contributed by atoms with van der Waals surface area (Å²) in [5.41, 5.74) is 4.98. The molecule has 4 rings (SSSR count). The van der Waals surface area contributed by atoms with Crippen molar-refractivity contribution in [2.45, 2.75) is 19.3 Å². The number of anilines is 1. The molecule has 0 bridgehead atoms. The number of aromatic nitrogens is 2. The van der Waals surface area contributed by atoms with Gasteiger partial charge in [0.15, 0.2) is 0 Å². The third-order valence-electron chi connectivity index (χ3n) is 4.37. The normalized spacial score (nSPS) is 17.8. The van der Waals surface area contributed by atoms with Crippen LogP contribution in [0.2, 0.25) is 0 Å². The van der Waals surface area contributed by atoms with Crippen molar-refractivity contribution in [3.05, 3.63) is 41.6 Å². The number of fused-ring (bicyclic) bond motifs is 1. The molecular weight excluding hydrogens is 260 g/mol. The summed E-state index contributed by atoms with van der Waals surface area (Å²) in [6.07, 6.45) is 3.41. The van der Waals surface area contributed by atoms with Crippen LogP contribution in [-0.4, -0.2) is 36.1 Å². The number of benzene rings is 1. The highest BCUT2D eigenvalue weighted by atomic mass is 15.3. The van der Waals surface area contributed by atoms with E-state index >= 15 is 0 Å². The summed E-state index contributed by atoms with van der Waals surface area (Å²) in [5, 5.41) is 3.39. The molecule has 0 unspecified atom stereocenters. The second-order valence-corrected chi connectivity index (χ2v) is 5.75. The molecule has 1 aliphatic heterocycles. The van der Waals surface area contributed by atoms with Gasteiger partial charge in [-0.2, -0.15) is 0 Å². The van der Waals surface area contributed by atoms with Crippen LogP contribution in [0.25, 0.3) is 11.3 Å². The van der Waals surface area contributed by atoms with Gasteiger partial charge in [0.2, 0.25) is 5.95 Å². The molecule has 1 aromatic heterocycles. The summed E-state index contributed by atoms with van der Waals surface area (Å²) in [6, 6.07) is 10.5. The van der Waals surface area contributed by atoms with E-state index in [9.17, 15) is 0 Å². The van der Waals surface area contributed by atoms with Crippen LogP contribution in [0.4, 0.5) is 5.95 Å². The lowest BCUT2D eigenvalue weighted by Crippen LogP contribution is -2.44. The Morgan fingerprint density at radius 2 is 1.76 bits per heavy atom. The second kappa shape index (κ2) is 5.45. The van der Waals surface area contributed by atoms with Crippen molar-refractivity contribution in [1.29, 1.82) is 0 Å². The second-order valence-electron chi connectivity index (χ2n) is 5.75. The maximum absolute atomic E-state index is 4.93. The minimum absolute atomic E-state index is 0.913. The monoisotopic (exact) mass is 280 g/mol. The molecule has 1 saturated heterocycles. The summed E-state index contributed by atoms with van der Waals surface area (Å²) in [6.45, 7) is 4.02. The predicted molar refractivity (Wildman–Crippen MR) is 84.6 cm³/mol. The molecule has 0 radical (unpaired) electrons. The molecule has 1 N–H and O–H groups in total. The van der Waals surface area contributed by atoms with Crippen molar-refractivity contribution < 1.29 is 0 Å². The van der Waals surface area contributed by atoms with Crippen molar-refractivity contribution in [2.24, 2.45) is 0 Å². The topological polar surface area (TPSA) is 41.1 Å². The Morgan fingerprint density at radius 3 is 2.57 bits per heavy atom. The van der Waals surface area contributed by atoms with Crippen molar-refractivity contribution in [3.8, 4) is 11.3 Å². The summed E-state index contributed by atoms with van der Waals surface area (Å²) < 4.78 is 0. The Kier molecular flexibility index (Phi) is 3.31. The van der Waals surface area contributed by atoms with Gasteiger partial charge in [-0.1, -0.05) is 30.3 Å². The predicted octanol–water partition coefficient (Wildman–Crippen LogP) is 2.04. The Labute approximate surface area is 125 Å². The molecular formula is C17H20N4. The number of hydrogen-bond acceptors (Lipinski definition) is 4. The number of hydrogen-bond donors (Lipinski definition) is 1. The maximum Gasteiger partial charge on any atom is 0.226 e. The van der Waals surface area contributed by atoms with E-state index in [0.29, 0.717) is 0 Å². The van der Waals surface area contributed by atoms with Crippen molar-refractivity contribution >= 4 is 5.95 Å². The molecule has 21 heavy (non-hydrogen) atoms. The lowest BCUT2D eigenvalue weighted by molar-refractivity contribution is 0.579. The smallest absolute Gasteiger partial charge is 0.226 e. The zero-order valence-electron chi connectivity index (χ0n) is 12.2. The molecule has 0 saturated carbocycles. The van der Waals surface area contributed by atoms with Crippen LogP contribution >= 0.6 is 0 Å². The average Bonchev–Trinajstić information content (AvgIpc) is 3.04. The highest BCUT2D eigenvalue weighted by Crippen LogP contribution is 2.31. The van der Waals surface area contributed by atoms with E-state index in [2.05, 4.69) is 40.5 Å². The first kappa shape index (κ1) is 12.8. The zero-order chi connectivity index (χ0) is 14.1. The van der Waals surface area contributed by atoms with E-state index in [-0.39, 0.29) is 0 Å². The third-order valence-corrected chi connectivity index (χ3v) is 4.37. The van der Waals surface area contributed by atoms with Crippen molar-refractivity contribution in [1.82, 2.24) is 15.3 Å². The number of piperazine rings is 1. The Bertz CT molecular complexity index is 633. The number of nitrogens with one attached hydrogen (secondary N) is 1. The average molecular weight is 280 g/mol. The first-order valence-corrected chi connectivity index (χ1v) is 7.83. The summed E-state index contributed by atoms with van der Waals surface area (Å²) >= 11 is 0. The van der Waals surface area contributed by atoms with Gasteiger partial charge in [-0.3, -0.25) is 0 Å². The van der Waals surface area contributed by atoms with Crippen LogP contribution in [0.15, 0.2) is 30.3 Å². The quantitative estimate of drug-likeness (QED) is 0.914. The number of aryl methyl sites for hydroxylation is 1. The van der Waals surface area contributed by atoms with Crippen LogP contribution in [0.1, 0.15) is 17.7 Å². The van der Waals surface area contributed by atoms with Crippen LogP contribution < -0.4 is 10.2 Å². The van der Waals surface area contributed by atoms with Crippen molar-refractivity contribution in [2.75, 3.05) is 31.1 Å². The lowest BCUT2D eigenvalue weighted by Gasteiger charge is -2.28. The highest BCUT2D eigenvalue weighted by Gasteiger charge is 2.22. The van der Waals surface area contributed by atoms with Crippen LogP contribution in [0.3, 0.4) is 0 Å². The van der Waals surface area contributed by atoms with E-state index < -0.39 is 0 Å². The molecule has 0 atom stereocenters. The molecule has 2 aliphatic rings. The van der Waals surface area contributed by atoms with Gasteiger partial charge in [0, 0.05) is 43.0 Å². The van der Waals surface area contributed by atoms with E-state index in [1.165, 1.54) is 23.2 Å².